The number of aryl methyl sites for hydroxylation is 1. The van der Waals surface area contributed by atoms with Gasteiger partial charge in [0.15, 0.2) is 0 Å². The van der Waals surface area contributed by atoms with Crippen LogP contribution in [0.4, 0.5) is 0 Å². The summed E-state index contributed by atoms with van der Waals surface area (Å²) in [4.78, 5) is 15.0. The zero-order valence-corrected chi connectivity index (χ0v) is 12.5. The quantitative estimate of drug-likeness (QED) is 0.786. The summed E-state index contributed by atoms with van der Waals surface area (Å²) in [5.74, 6) is 0. The number of nitrogens with zero attached hydrogens (tertiary/aromatic N) is 1. The van der Waals surface area contributed by atoms with Crippen molar-refractivity contribution < 1.29 is 4.74 Å². The van der Waals surface area contributed by atoms with Crippen molar-refractivity contribution in [1.82, 2.24) is 9.55 Å². The minimum Gasteiger partial charge on any atom is -0.372 e. The average Bonchev–Trinajstić information content (AvgIpc) is 3.01. The van der Waals surface area contributed by atoms with Crippen molar-refractivity contribution in [1.29, 1.82) is 0 Å². The van der Waals surface area contributed by atoms with Gasteiger partial charge in [0.1, 0.15) is 5.52 Å². The molecule has 3 rings (SSSR count). The topological polar surface area (TPSA) is 47.0 Å². The number of benzene rings is 1. The van der Waals surface area contributed by atoms with E-state index in [0.29, 0.717) is 18.7 Å². The number of nitrogens with one attached hydrogen (secondary N) is 1. The lowest BCUT2D eigenvalue weighted by Gasteiger charge is -2.10. The highest BCUT2D eigenvalue weighted by molar-refractivity contribution is 5.91. The fourth-order valence-electron chi connectivity index (χ4n) is 2.49. The Kier molecular flexibility index (Phi) is 3.94. The molecule has 4 nitrogen and oxygen atoms in total. The summed E-state index contributed by atoms with van der Waals surface area (Å²) >= 11 is 0. The summed E-state index contributed by atoms with van der Waals surface area (Å²) in [6, 6.07) is 11.9. The van der Waals surface area contributed by atoms with E-state index in [1.807, 2.05) is 42.6 Å². The van der Waals surface area contributed by atoms with Gasteiger partial charge in [-0.1, -0.05) is 36.9 Å². The molecule has 112 valence electrons. The summed E-state index contributed by atoms with van der Waals surface area (Å²) in [7, 11) is 1.74. The van der Waals surface area contributed by atoms with Crippen molar-refractivity contribution in [2.24, 2.45) is 7.05 Å². The first-order valence-corrected chi connectivity index (χ1v) is 7.13. The third-order valence-electron chi connectivity index (χ3n) is 3.66. The number of hydrogen-bond donors (Lipinski definition) is 1. The van der Waals surface area contributed by atoms with Crippen LogP contribution in [0.2, 0.25) is 0 Å². The zero-order chi connectivity index (χ0) is 15.5. The van der Waals surface area contributed by atoms with Gasteiger partial charge in [-0.25, -0.2) is 0 Å². The van der Waals surface area contributed by atoms with E-state index in [-0.39, 0.29) is 5.56 Å². The summed E-state index contributed by atoms with van der Waals surface area (Å²) < 4.78 is 7.30. The van der Waals surface area contributed by atoms with E-state index in [0.717, 1.165) is 22.1 Å². The second-order valence-electron chi connectivity index (χ2n) is 5.31. The first-order chi connectivity index (χ1) is 10.7. The predicted molar refractivity (Wildman–Crippen MR) is 88.7 cm³/mol. The molecular formula is C18H18N2O2. The van der Waals surface area contributed by atoms with E-state index in [1.165, 1.54) is 0 Å². The van der Waals surface area contributed by atoms with Gasteiger partial charge in [0, 0.05) is 30.4 Å². The Balaban J connectivity index is 1.77. The second kappa shape index (κ2) is 6.03. The molecule has 0 atom stereocenters. The standard InChI is InChI=1S/C18H18N2O2/c1-13(11-22-12-14-6-4-3-5-7-14)16-10-20(2)18(21)17-15(16)8-9-19-17/h3-10,19H,1,11-12H2,2H3. The van der Waals surface area contributed by atoms with Crippen LogP contribution in [-0.2, 0) is 18.4 Å². The fourth-order valence-corrected chi connectivity index (χ4v) is 2.49. The minimum absolute atomic E-state index is 0.0400. The molecule has 4 heteroatoms. The predicted octanol–water partition coefficient (Wildman–Crippen LogP) is 3.10. The Hall–Kier alpha value is -2.59. The smallest absolute Gasteiger partial charge is 0.274 e. The molecule has 2 heterocycles. The number of hydrogen-bond acceptors (Lipinski definition) is 2. The van der Waals surface area contributed by atoms with Crippen LogP contribution < -0.4 is 5.56 Å². The largest absolute Gasteiger partial charge is 0.372 e. The van der Waals surface area contributed by atoms with Gasteiger partial charge in [0.25, 0.3) is 5.56 Å². The maximum Gasteiger partial charge on any atom is 0.274 e. The summed E-state index contributed by atoms with van der Waals surface area (Å²) in [6.07, 6.45) is 3.58. The lowest BCUT2D eigenvalue weighted by molar-refractivity contribution is 0.153. The Morgan fingerprint density at radius 3 is 2.82 bits per heavy atom. The minimum atomic E-state index is -0.0400. The lowest BCUT2D eigenvalue weighted by atomic mass is 10.1. The van der Waals surface area contributed by atoms with Crippen LogP contribution in [-0.4, -0.2) is 16.2 Å². The van der Waals surface area contributed by atoms with Crippen molar-refractivity contribution in [3.05, 3.63) is 76.9 Å². The normalized spacial score (nSPS) is 11.0. The Bertz CT molecular complexity index is 860. The van der Waals surface area contributed by atoms with Gasteiger partial charge < -0.3 is 14.3 Å². The maximum absolute atomic E-state index is 12.0. The number of rotatable bonds is 5. The molecule has 0 aliphatic heterocycles. The van der Waals surface area contributed by atoms with Crippen molar-refractivity contribution in [2.45, 2.75) is 6.61 Å². The maximum atomic E-state index is 12.0. The highest BCUT2D eigenvalue weighted by atomic mass is 16.5. The number of ether oxygens (including phenoxy) is 1. The van der Waals surface area contributed by atoms with Gasteiger partial charge in [-0.15, -0.1) is 0 Å². The van der Waals surface area contributed by atoms with Gasteiger partial charge in [-0.2, -0.15) is 0 Å². The first kappa shape index (κ1) is 14.4. The molecule has 0 saturated carbocycles. The van der Waals surface area contributed by atoms with Gasteiger partial charge in [-0.3, -0.25) is 4.79 Å². The molecule has 0 fully saturated rings. The van der Waals surface area contributed by atoms with E-state index < -0.39 is 0 Å². The van der Waals surface area contributed by atoms with E-state index in [2.05, 4.69) is 11.6 Å². The third kappa shape index (κ3) is 2.73. The lowest BCUT2D eigenvalue weighted by Crippen LogP contribution is -2.17. The molecular weight excluding hydrogens is 276 g/mol. The average molecular weight is 294 g/mol. The molecule has 0 aliphatic rings. The van der Waals surface area contributed by atoms with Crippen LogP contribution in [0.3, 0.4) is 0 Å². The van der Waals surface area contributed by atoms with Crippen molar-refractivity contribution in [2.75, 3.05) is 6.61 Å². The first-order valence-electron chi connectivity index (χ1n) is 7.13. The molecule has 1 aromatic carbocycles. The summed E-state index contributed by atoms with van der Waals surface area (Å²) in [5, 5.41) is 0.886. The highest BCUT2D eigenvalue weighted by Crippen LogP contribution is 2.21. The monoisotopic (exact) mass is 294 g/mol. The molecule has 3 aromatic rings. The Morgan fingerprint density at radius 1 is 1.27 bits per heavy atom. The number of aromatic amines is 1. The third-order valence-corrected chi connectivity index (χ3v) is 3.66. The number of aromatic nitrogens is 2. The number of H-pyrrole nitrogens is 1. The molecule has 0 saturated heterocycles. The van der Waals surface area contributed by atoms with Crippen molar-refractivity contribution in [3.8, 4) is 0 Å². The van der Waals surface area contributed by atoms with Crippen LogP contribution in [0.5, 0.6) is 0 Å². The molecule has 0 radical (unpaired) electrons. The van der Waals surface area contributed by atoms with Gasteiger partial charge in [-0.05, 0) is 17.2 Å². The molecule has 22 heavy (non-hydrogen) atoms. The summed E-state index contributed by atoms with van der Waals surface area (Å²) in [6.45, 7) is 5.07. The van der Waals surface area contributed by atoms with Gasteiger partial charge in [0.05, 0.1) is 13.2 Å². The molecule has 0 amide bonds. The molecule has 1 N–H and O–H groups in total. The number of pyridine rings is 1. The molecule has 0 aliphatic carbocycles. The zero-order valence-electron chi connectivity index (χ0n) is 12.5. The van der Waals surface area contributed by atoms with Gasteiger partial charge >= 0.3 is 0 Å². The van der Waals surface area contributed by atoms with Gasteiger partial charge in [0.2, 0.25) is 0 Å². The van der Waals surface area contributed by atoms with Crippen molar-refractivity contribution in [3.63, 3.8) is 0 Å². The van der Waals surface area contributed by atoms with E-state index in [1.54, 1.807) is 17.8 Å². The van der Waals surface area contributed by atoms with E-state index in [9.17, 15) is 4.79 Å². The van der Waals surface area contributed by atoms with E-state index >= 15 is 0 Å². The van der Waals surface area contributed by atoms with Crippen LogP contribution in [0.25, 0.3) is 16.5 Å². The molecule has 2 aromatic heterocycles. The van der Waals surface area contributed by atoms with Crippen LogP contribution >= 0.6 is 0 Å². The summed E-state index contributed by atoms with van der Waals surface area (Å²) in [5.41, 5.74) is 3.48. The number of fused-ring (bicyclic) bond motifs is 1. The van der Waals surface area contributed by atoms with Crippen LogP contribution in [0.1, 0.15) is 11.1 Å². The van der Waals surface area contributed by atoms with Crippen LogP contribution in [0, 0.1) is 0 Å². The molecule has 0 spiro atoms. The van der Waals surface area contributed by atoms with Crippen molar-refractivity contribution >= 4 is 16.5 Å². The Morgan fingerprint density at radius 2 is 2.05 bits per heavy atom. The van der Waals surface area contributed by atoms with E-state index in [4.69, 9.17) is 4.74 Å². The van der Waals surface area contributed by atoms with Crippen LogP contribution in [0.15, 0.2) is 60.2 Å². The molecule has 0 unspecified atom stereocenters. The molecule has 0 bridgehead atoms. The highest BCUT2D eigenvalue weighted by Gasteiger charge is 2.10. The Labute approximate surface area is 128 Å². The fraction of sp³-hybridized carbons (Fsp3) is 0.167. The second-order valence-corrected chi connectivity index (χ2v) is 5.31. The SMILES string of the molecule is C=C(COCc1ccccc1)c1cn(C)c(=O)c2[nH]ccc12.